The van der Waals surface area contributed by atoms with Crippen LogP contribution in [0.25, 0.3) is 0 Å². The minimum Gasteiger partial charge on any atom is -0.422 e. The van der Waals surface area contributed by atoms with Crippen LogP contribution in [0.3, 0.4) is 0 Å². The first-order chi connectivity index (χ1) is 4.13. The van der Waals surface area contributed by atoms with Crippen molar-refractivity contribution < 1.29 is 29.6 Å². The van der Waals surface area contributed by atoms with E-state index in [0.717, 1.165) is 12.3 Å². The van der Waals surface area contributed by atoms with Crippen molar-refractivity contribution in [2.45, 2.75) is 0 Å². The third-order valence-electron chi connectivity index (χ3n) is 0.758. The summed E-state index contributed by atoms with van der Waals surface area (Å²) >= 11 is 11.0. The first kappa shape index (κ1) is 14.2. The zero-order valence-electron chi connectivity index (χ0n) is 6.59. The maximum absolute atomic E-state index is 4.71. The summed E-state index contributed by atoms with van der Waals surface area (Å²) in [7, 11) is 4.07. The normalized spacial score (nSPS) is 9.10. The molecule has 0 fully saturated rings. The molecule has 0 radical (unpaired) electrons. The number of hydrogen-bond donors (Lipinski definition) is 0. The maximum Gasteiger partial charge on any atom is 1.00 e. The predicted molar refractivity (Wildman–Crippen MR) is 51.0 cm³/mol. The monoisotopic (exact) mass is 203 g/mol. The first-order valence-corrected chi connectivity index (χ1v) is 4.41. The molecule has 0 aromatic rings. The molecule has 0 aromatic carbocycles. The summed E-state index contributed by atoms with van der Waals surface area (Å²) < 4.78 is 0.622. The smallest absolute Gasteiger partial charge is 0.422 e. The van der Waals surface area contributed by atoms with Crippen LogP contribution in [0.1, 0.15) is 0 Å². The Balaban J connectivity index is 0. The average molecular weight is 203 g/mol. The standard InChI is InChI=1S/C5H11NS3.Na/c1-6(2)3-4-9-5(7)8;/h3-4H2,1-2H3,(H,7,8);/q;+1/p-1. The van der Waals surface area contributed by atoms with Gasteiger partial charge in [-0.15, -0.1) is 11.8 Å². The summed E-state index contributed by atoms with van der Waals surface area (Å²) in [6, 6.07) is 0. The second-order valence-electron chi connectivity index (χ2n) is 1.90. The van der Waals surface area contributed by atoms with Crippen molar-refractivity contribution in [3.8, 4) is 0 Å². The summed E-state index contributed by atoms with van der Waals surface area (Å²) in [6.45, 7) is 1.04. The first-order valence-electron chi connectivity index (χ1n) is 2.61. The maximum atomic E-state index is 4.71. The zero-order chi connectivity index (χ0) is 7.28. The predicted octanol–water partition coefficient (Wildman–Crippen LogP) is -1.88. The number of thioether (sulfide) groups is 1. The molecule has 0 spiro atoms. The van der Waals surface area contributed by atoms with E-state index in [1.165, 1.54) is 0 Å². The Hall–Kier alpha value is 1.62. The molecule has 0 aliphatic rings. The van der Waals surface area contributed by atoms with Gasteiger partial charge >= 0.3 is 29.6 Å². The average Bonchev–Trinajstić information content (AvgIpc) is 1.63. The largest absolute Gasteiger partial charge is 1.00 e. The molecule has 0 N–H and O–H groups in total. The van der Waals surface area contributed by atoms with Crippen LogP contribution in [0.5, 0.6) is 0 Å². The number of rotatable bonds is 3. The van der Waals surface area contributed by atoms with Gasteiger partial charge in [-0.3, -0.25) is 0 Å². The topological polar surface area (TPSA) is 3.24 Å². The van der Waals surface area contributed by atoms with Crippen LogP contribution in [0.2, 0.25) is 0 Å². The molecule has 54 valence electrons. The van der Waals surface area contributed by atoms with E-state index in [-0.39, 0.29) is 29.6 Å². The molecule has 0 heterocycles. The summed E-state index contributed by atoms with van der Waals surface area (Å²) in [4.78, 5) is 2.11. The van der Waals surface area contributed by atoms with E-state index in [1.807, 2.05) is 14.1 Å². The van der Waals surface area contributed by atoms with E-state index in [0.29, 0.717) is 3.53 Å². The Labute approximate surface area is 100 Å². The van der Waals surface area contributed by atoms with Gasteiger partial charge in [0.1, 0.15) is 0 Å². The van der Waals surface area contributed by atoms with Crippen LogP contribution in [-0.2, 0) is 12.6 Å². The van der Waals surface area contributed by atoms with Crippen LogP contribution < -0.4 is 29.6 Å². The van der Waals surface area contributed by atoms with Gasteiger partial charge in [0.05, 0.1) is 0 Å². The molecule has 5 heteroatoms. The molecular weight excluding hydrogens is 193 g/mol. The number of nitrogens with zero attached hydrogens (tertiary/aromatic N) is 1. The summed E-state index contributed by atoms with van der Waals surface area (Å²) in [5.41, 5.74) is 0. The summed E-state index contributed by atoms with van der Waals surface area (Å²) in [5.74, 6) is 1.01. The molecule has 0 aliphatic heterocycles. The third kappa shape index (κ3) is 12.3. The molecular formula is C5H10NNaS3. The van der Waals surface area contributed by atoms with Gasteiger partial charge in [-0.2, -0.15) is 0 Å². The molecule has 0 amide bonds. The molecule has 0 saturated heterocycles. The van der Waals surface area contributed by atoms with Gasteiger partial charge in [0, 0.05) is 12.3 Å². The molecule has 0 saturated carbocycles. The van der Waals surface area contributed by atoms with Gasteiger partial charge < -0.3 is 29.7 Å². The molecule has 0 unspecified atom stereocenters. The molecule has 0 aromatic heterocycles. The van der Waals surface area contributed by atoms with Crippen LogP contribution in [0.4, 0.5) is 0 Å². The van der Waals surface area contributed by atoms with Crippen LogP contribution in [0.15, 0.2) is 0 Å². The molecule has 1 nitrogen and oxygen atoms in total. The van der Waals surface area contributed by atoms with Crippen molar-refractivity contribution in [3.63, 3.8) is 0 Å². The number of hydrogen-bond acceptors (Lipinski definition) is 4. The van der Waals surface area contributed by atoms with Crippen molar-refractivity contribution >= 4 is 40.1 Å². The minimum absolute atomic E-state index is 0. The van der Waals surface area contributed by atoms with E-state index in [4.69, 9.17) is 24.8 Å². The Kier molecular flexibility index (Phi) is 12.3. The second-order valence-corrected chi connectivity index (χ2v) is 4.60. The van der Waals surface area contributed by atoms with Gasteiger partial charge in [-0.25, -0.2) is 0 Å². The van der Waals surface area contributed by atoms with Crippen molar-refractivity contribution in [1.82, 2.24) is 4.90 Å². The Morgan fingerprint density at radius 2 is 2.10 bits per heavy atom. The molecule has 0 bridgehead atoms. The Bertz CT molecular complexity index is 96.9. The fraction of sp³-hybridized carbons (Fsp3) is 0.800. The second kappa shape index (κ2) is 8.71. The van der Waals surface area contributed by atoms with Gasteiger partial charge in [-0.05, 0) is 14.1 Å². The fourth-order valence-corrected chi connectivity index (χ4v) is 1.43. The van der Waals surface area contributed by atoms with Crippen molar-refractivity contribution in [3.05, 3.63) is 0 Å². The Morgan fingerprint density at radius 3 is 2.40 bits per heavy atom. The van der Waals surface area contributed by atoms with Crippen LogP contribution in [0, 0.1) is 0 Å². The SMILES string of the molecule is CN(C)CCSC(=S)[S-].[Na+]. The molecule has 10 heavy (non-hydrogen) atoms. The zero-order valence-corrected chi connectivity index (χ0v) is 11.0. The van der Waals surface area contributed by atoms with E-state index < -0.39 is 0 Å². The molecule has 0 aliphatic carbocycles. The van der Waals surface area contributed by atoms with E-state index in [2.05, 4.69) is 4.90 Å². The Morgan fingerprint density at radius 1 is 1.60 bits per heavy atom. The summed E-state index contributed by atoms with van der Waals surface area (Å²) in [5, 5.41) is 0. The van der Waals surface area contributed by atoms with Crippen molar-refractivity contribution in [2.24, 2.45) is 0 Å². The van der Waals surface area contributed by atoms with Crippen LogP contribution >= 0.6 is 24.0 Å². The summed E-state index contributed by atoms with van der Waals surface area (Å²) in [6.07, 6.45) is 0. The minimum atomic E-state index is 0. The van der Waals surface area contributed by atoms with Gasteiger partial charge in [0.2, 0.25) is 0 Å². The number of thiocarbonyl (C=S) groups is 1. The van der Waals surface area contributed by atoms with E-state index in [9.17, 15) is 0 Å². The van der Waals surface area contributed by atoms with Crippen LogP contribution in [-0.4, -0.2) is 34.8 Å². The van der Waals surface area contributed by atoms with Crippen molar-refractivity contribution in [2.75, 3.05) is 26.4 Å². The van der Waals surface area contributed by atoms with Gasteiger partial charge in [0.15, 0.2) is 0 Å². The van der Waals surface area contributed by atoms with Gasteiger partial charge in [0.25, 0.3) is 0 Å². The molecule has 0 atom stereocenters. The van der Waals surface area contributed by atoms with E-state index in [1.54, 1.807) is 11.8 Å². The fourth-order valence-electron chi connectivity index (χ4n) is 0.312. The van der Waals surface area contributed by atoms with Crippen molar-refractivity contribution in [1.29, 1.82) is 0 Å². The van der Waals surface area contributed by atoms with Gasteiger partial charge in [-0.1, -0.05) is 3.53 Å². The quantitative estimate of drug-likeness (QED) is 0.300. The molecule has 0 rings (SSSR count). The third-order valence-corrected chi connectivity index (χ3v) is 2.09. The van der Waals surface area contributed by atoms with E-state index >= 15 is 0 Å².